The maximum atomic E-state index is 14.3. The average Bonchev–Trinajstić information content (AvgIpc) is 0.764. The fraction of sp³-hybridized carbons (Fsp3) is 0.391. The van der Waals surface area contributed by atoms with E-state index in [1.807, 2.05) is 5.32 Å². The first-order valence-electron chi connectivity index (χ1n) is 25.7. The molecule has 4 amide bonds. The van der Waals surface area contributed by atoms with E-state index in [1.165, 1.54) is 84.9 Å². The number of hydrogen-bond donors (Lipinski definition) is 11. The van der Waals surface area contributed by atoms with Gasteiger partial charge in [0.05, 0.1) is 24.7 Å². The molecular weight excluding hydrogens is 1410 g/mol. The molecule has 2 heterocycles. The largest absolute Gasteiger partial charge is 0.397 e. The Labute approximate surface area is 528 Å². The van der Waals surface area contributed by atoms with E-state index in [-0.39, 0.29) is 16.7 Å². The third-order valence-electron chi connectivity index (χ3n) is 13.1. The summed E-state index contributed by atoms with van der Waals surface area (Å²) in [6, 6.07) is 18.1. The molecule has 3 fully saturated rings. The second kappa shape index (κ2) is 30.2. The van der Waals surface area contributed by atoms with Crippen molar-refractivity contribution < 1.29 is 158 Å². The lowest BCUT2D eigenvalue weighted by molar-refractivity contribution is -0.323. The molecule has 4 aromatic carbocycles. The number of nitrogens with one attached hydrogen (secondary N) is 4. The molecule has 4 aromatic rings. The maximum absolute atomic E-state index is 14.3. The highest BCUT2D eigenvalue weighted by molar-refractivity contribution is 7.82. The molecule has 0 bridgehead atoms. The molecule has 11 N–H and O–H groups in total. The molecule has 7 rings (SSSR count). The molecular formula is C46H52N4O36S7. The van der Waals surface area contributed by atoms with Crippen molar-refractivity contribution in [2.75, 3.05) is 13.2 Å². The number of amides is 4. The summed E-state index contributed by atoms with van der Waals surface area (Å²) in [4.78, 5) is 56.1. The Morgan fingerprint density at radius 2 is 0.677 bits per heavy atom. The summed E-state index contributed by atoms with van der Waals surface area (Å²) >= 11 is 0. The Morgan fingerprint density at radius 3 is 1.06 bits per heavy atom. The molecule has 0 unspecified atom stereocenters. The molecule has 2 saturated heterocycles. The van der Waals surface area contributed by atoms with Crippen LogP contribution in [0, 0.1) is 0 Å². The summed E-state index contributed by atoms with van der Waals surface area (Å²) in [5, 5.41) is 8.98. The van der Waals surface area contributed by atoms with Gasteiger partial charge in [-0.05, 0) is 55.0 Å². The van der Waals surface area contributed by atoms with Gasteiger partial charge in [-0.2, -0.15) is 58.9 Å². The Balaban J connectivity index is 1.49. The predicted molar refractivity (Wildman–Crippen MR) is 300 cm³/mol. The molecule has 0 spiro atoms. The van der Waals surface area contributed by atoms with Crippen LogP contribution in [0.25, 0.3) is 0 Å². The number of carbonyl (C=O) groups is 4. The third-order valence-corrected chi connectivity index (χ3v) is 16.3. The van der Waals surface area contributed by atoms with Crippen LogP contribution in [-0.4, -0.2) is 219 Å². The topological polar surface area (TPSA) is 599 Å². The molecule has 1 saturated carbocycles. The Kier molecular flexibility index (Phi) is 24.0. The molecule has 0 aromatic heterocycles. The highest BCUT2D eigenvalue weighted by Gasteiger charge is 2.60. The summed E-state index contributed by atoms with van der Waals surface area (Å²) in [6.45, 7) is -2.99. The van der Waals surface area contributed by atoms with Gasteiger partial charge in [0.25, 0.3) is 23.6 Å². The highest BCUT2D eigenvalue weighted by Crippen LogP contribution is 2.39. The van der Waals surface area contributed by atoms with Gasteiger partial charge in [-0.1, -0.05) is 72.8 Å². The van der Waals surface area contributed by atoms with E-state index in [0.29, 0.717) is 0 Å². The van der Waals surface area contributed by atoms with Crippen LogP contribution in [0.3, 0.4) is 0 Å². The van der Waals surface area contributed by atoms with Crippen molar-refractivity contribution in [2.45, 2.75) is 98.2 Å². The van der Waals surface area contributed by atoms with Crippen LogP contribution in [0.1, 0.15) is 47.9 Å². The van der Waals surface area contributed by atoms with E-state index in [9.17, 15) is 110 Å². The lowest BCUT2D eigenvalue weighted by Gasteiger charge is -2.51. The van der Waals surface area contributed by atoms with Gasteiger partial charge >= 0.3 is 72.8 Å². The van der Waals surface area contributed by atoms with Crippen LogP contribution in [0.5, 0.6) is 0 Å². The minimum atomic E-state index is -6.29. The number of hydrogen-bond acceptors (Lipinski definition) is 29. The maximum Gasteiger partial charge on any atom is 0.397 e. The van der Waals surface area contributed by atoms with Gasteiger partial charge in [-0.3, -0.25) is 51.0 Å². The molecule has 93 heavy (non-hydrogen) atoms. The van der Waals surface area contributed by atoms with Crippen LogP contribution in [0.2, 0.25) is 0 Å². The first-order chi connectivity index (χ1) is 43.1. The summed E-state index contributed by atoms with van der Waals surface area (Å²) in [5.74, 6) is -4.92. The van der Waals surface area contributed by atoms with Crippen molar-refractivity contribution in [3.05, 3.63) is 144 Å². The van der Waals surface area contributed by atoms with E-state index < -0.39 is 213 Å². The van der Waals surface area contributed by atoms with Gasteiger partial charge < -0.3 is 40.2 Å². The van der Waals surface area contributed by atoms with Gasteiger partial charge in [0.15, 0.2) is 24.8 Å². The van der Waals surface area contributed by atoms with Crippen LogP contribution >= 0.6 is 0 Å². The summed E-state index contributed by atoms with van der Waals surface area (Å²) in [6.07, 6.45) is -36.4. The van der Waals surface area contributed by atoms with Crippen molar-refractivity contribution >= 4 is 96.4 Å². The average molecular weight is 1460 g/mol. The van der Waals surface area contributed by atoms with E-state index in [2.05, 4.69) is 32.7 Å². The third kappa shape index (κ3) is 22.7. The summed E-state index contributed by atoms with van der Waals surface area (Å²) in [7, 11) is -42.6. The van der Waals surface area contributed by atoms with E-state index in [0.717, 1.165) is 36.4 Å². The second-order valence-corrected chi connectivity index (χ2v) is 26.9. The molecule has 0 radical (unpaired) electrons. The zero-order valence-electron chi connectivity index (χ0n) is 46.2. The zero-order valence-corrected chi connectivity index (χ0v) is 51.9. The number of benzene rings is 4. The van der Waals surface area contributed by atoms with E-state index in [4.69, 9.17) is 31.5 Å². The molecule has 2 aliphatic heterocycles. The first kappa shape index (κ1) is 74.1. The monoisotopic (exact) mass is 1460 g/mol. The highest BCUT2D eigenvalue weighted by atomic mass is 32.3. The quantitative estimate of drug-likeness (QED) is 0.0259. The molecule has 3 aliphatic rings. The van der Waals surface area contributed by atoms with Crippen molar-refractivity contribution in [1.82, 2.24) is 21.3 Å². The summed E-state index contributed by atoms with van der Waals surface area (Å²) < 4.78 is 306. The van der Waals surface area contributed by atoms with Crippen LogP contribution in [0.15, 0.2) is 121 Å². The first-order valence-corrected chi connectivity index (χ1v) is 35.2. The normalized spacial score (nSPS) is 27.5. The van der Waals surface area contributed by atoms with Gasteiger partial charge in [0, 0.05) is 28.8 Å². The standard InChI is InChI=1S/C46H52N4O36S7/c51-41(24-13-5-1-6-14-24)47-22-30-36(82-89(61,62)63)39(85-92(70,71)72)40(86-93(73,74)75)46(77-30)80-34-29(49-43(53)26-17-9-3-10-18-26)21-28(48-42(52)25-15-7-2-8-16-25)33(38(34)84-91(67,68)69)79-45-37(83-90(64,65)66)32(50-44(54)27-19-11-4-12-20-27)35(81-88(58,59)60)31(78-45)23-76-87(55,56)57/h1-20,28-40,45-46H,21-23H2,(H,47,51)(H,48,52)(H,49,53)(H,50,54)(H,55,56,57)(H,58,59,60)(H,61,62,63)(H,64,65,66)(H,67,68,69)(H,70,71,72)(H,73,74,75)/t28-,29+,30-,31-,32+,33+,34+,35-,36+,37-,38-,39+,40-,45-,46-/m1/s1. The van der Waals surface area contributed by atoms with E-state index in [1.54, 1.807) is 0 Å². The molecule has 40 nitrogen and oxygen atoms in total. The van der Waals surface area contributed by atoms with Crippen molar-refractivity contribution in [2.24, 2.45) is 0 Å². The number of carbonyl (C=O) groups excluding carboxylic acids is 4. The Hall–Kier alpha value is -6.31. The minimum absolute atomic E-state index is 0.175. The SMILES string of the molecule is O=C(NC[C@H]1O[C@H](O[C@@H]2[C@H](OS(=O)(=O)O)[C@@H](O[C@H]3O[C@H](COS(=O)(=O)O)[C@@H](OS(=O)(=O)O)[C@H](NC(=O)c4ccccc4)[C@H]3OS(=O)(=O)O)[C@H](NC(=O)c3ccccc3)C[C@@H]2NC(=O)c2ccccc2)[C@H](OS(=O)(=O)O)[C@@H](OS(=O)(=O)O)[C@H]1OS(=O)(=O)O)c1ccccc1. The molecule has 15 atom stereocenters. The van der Waals surface area contributed by atoms with Gasteiger partial charge in [0.1, 0.15) is 48.8 Å². The van der Waals surface area contributed by atoms with Gasteiger partial charge in [-0.15, -0.1) is 0 Å². The molecule has 514 valence electrons. The predicted octanol–water partition coefficient (Wildman–Crippen LogP) is -2.62. The Morgan fingerprint density at radius 1 is 0.366 bits per heavy atom. The van der Waals surface area contributed by atoms with Crippen molar-refractivity contribution in [1.29, 1.82) is 0 Å². The van der Waals surface area contributed by atoms with E-state index >= 15 is 0 Å². The van der Waals surface area contributed by atoms with Gasteiger partial charge in [-0.25, -0.2) is 29.3 Å². The lowest BCUT2D eigenvalue weighted by atomic mass is 9.82. The number of ether oxygens (including phenoxy) is 4. The lowest BCUT2D eigenvalue weighted by Crippen LogP contribution is -2.71. The van der Waals surface area contributed by atoms with Crippen LogP contribution < -0.4 is 21.3 Å². The minimum Gasteiger partial charge on any atom is -0.349 e. The van der Waals surface area contributed by atoms with Gasteiger partial charge in [0.2, 0.25) is 0 Å². The zero-order chi connectivity index (χ0) is 68.6. The van der Waals surface area contributed by atoms with Crippen LogP contribution in [0.4, 0.5) is 0 Å². The fourth-order valence-electron chi connectivity index (χ4n) is 9.65. The summed E-state index contributed by atoms with van der Waals surface area (Å²) in [5.41, 5.74) is -1.15. The number of rotatable bonds is 28. The molecule has 1 aliphatic carbocycles. The Bertz CT molecular complexity index is 4130. The molecule has 47 heteroatoms. The second-order valence-electron chi connectivity index (χ2n) is 19.5. The smallest absolute Gasteiger partial charge is 0.349 e. The fourth-order valence-corrected chi connectivity index (χ4v) is 13.0. The van der Waals surface area contributed by atoms with Crippen molar-refractivity contribution in [3.63, 3.8) is 0 Å². The van der Waals surface area contributed by atoms with Crippen LogP contribution in [-0.2, 0) is 121 Å². The van der Waals surface area contributed by atoms with Crippen molar-refractivity contribution in [3.8, 4) is 0 Å².